The summed E-state index contributed by atoms with van der Waals surface area (Å²) in [5, 5.41) is 10.4. The molecule has 1 aromatic rings. The summed E-state index contributed by atoms with van der Waals surface area (Å²) in [5.41, 5.74) is 0.613. The maximum atomic E-state index is 12.2. The van der Waals surface area contributed by atoms with Gasteiger partial charge in [-0.2, -0.15) is 0 Å². The molecule has 1 saturated heterocycles. The molecular formula is C14H15N2O4-. The van der Waals surface area contributed by atoms with Crippen LogP contribution in [0.1, 0.15) is 16.8 Å². The topological polar surface area (TPSA) is 80.8 Å². The molecule has 0 spiro atoms. The van der Waals surface area contributed by atoms with Crippen LogP contribution >= 0.6 is 0 Å². The molecule has 0 bridgehead atoms. The number of carbonyl (C=O) groups excluding carboxylic acids is 3. The van der Waals surface area contributed by atoms with Crippen molar-refractivity contribution >= 4 is 17.8 Å². The van der Waals surface area contributed by atoms with E-state index >= 15 is 0 Å². The van der Waals surface area contributed by atoms with Crippen LogP contribution in [0, 0.1) is 0 Å². The highest BCUT2D eigenvalue weighted by Crippen LogP contribution is 2.09. The molecule has 106 valence electrons. The van der Waals surface area contributed by atoms with Crippen LogP contribution in [0.4, 0.5) is 0 Å². The Labute approximate surface area is 116 Å². The Morgan fingerprint density at radius 3 is 2.05 bits per heavy atom. The lowest BCUT2D eigenvalue weighted by Gasteiger charge is -2.35. The van der Waals surface area contributed by atoms with Gasteiger partial charge in [-0.1, -0.05) is 18.2 Å². The molecular weight excluding hydrogens is 260 g/mol. The molecule has 0 aromatic heterocycles. The van der Waals surface area contributed by atoms with E-state index in [1.165, 1.54) is 4.90 Å². The number of hydrogen-bond acceptors (Lipinski definition) is 4. The number of rotatable bonds is 3. The summed E-state index contributed by atoms with van der Waals surface area (Å²) in [5.74, 6) is -1.91. The summed E-state index contributed by atoms with van der Waals surface area (Å²) in [7, 11) is 0. The van der Waals surface area contributed by atoms with Gasteiger partial charge in [0, 0.05) is 31.7 Å². The fourth-order valence-electron chi connectivity index (χ4n) is 2.16. The predicted molar refractivity (Wildman–Crippen MR) is 68.5 cm³/mol. The number of hydrogen-bond donors (Lipinski definition) is 0. The van der Waals surface area contributed by atoms with E-state index in [1.807, 2.05) is 6.07 Å². The second-order valence-corrected chi connectivity index (χ2v) is 4.59. The zero-order chi connectivity index (χ0) is 14.5. The predicted octanol–water partition coefficient (Wildman–Crippen LogP) is -0.889. The number of carboxylic acid groups (broad SMARTS) is 1. The van der Waals surface area contributed by atoms with Gasteiger partial charge >= 0.3 is 0 Å². The molecule has 2 rings (SSSR count). The second-order valence-electron chi connectivity index (χ2n) is 4.59. The van der Waals surface area contributed by atoms with Crippen molar-refractivity contribution in [2.75, 3.05) is 26.2 Å². The van der Waals surface area contributed by atoms with Crippen LogP contribution in [0.15, 0.2) is 30.3 Å². The third kappa shape index (κ3) is 3.34. The molecule has 0 saturated carbocycles. The molecule has 6 heteroatoms. The van der Waals surface area contributed by atoms with Gasteiger partial charge in [0.05, 0.1) is 12.4 Å². The third-order valence-electron chi connectivity index (χ3n) is 3.24. The van der Waals surface area contributed by atoms with Crippen molar-refractivity contribution in [1.29, 1.82) is 0 Å². The first kappa shape index (κ1) is 14.0. The van der Waals surface area contributed by atoms with Gasteiger partial charge in [0.25, 0.3) is 5.91 Å². The highest BCUT2D eigenvalue weighted by Gasteiger charge is 2.24. The van der Waals surface area contributed by atoms with E-state index in [0.29, 0.717) is 31.7 Å². The van der Waals surface area contributed by atoms with E-state index in [9.17, 15) is 19.5 Å². The van der Waals surface area contributed by atoms with Gasteiger partial charge in [-0.25, -0.2) is 0 Å². The molecule has 1 aromatic carbocycles. The number of carboxylic acids is 1. The normalized spacial score (nSPS) is 15.0. The van der Waals surface area contributed by atoms with Gasteiger partial charge in [-0.05, 0) is 12.1 Å². The van der Waals surface area contributed by atoms with Crippen LogP contribution < -0.4 is 5.11 Å². The highest BCUT2D eigenvalue weighted by molar-refractivity contribution is 5.95. The summed E-state index contributed by atoms with van der Waals surface area (Å²) >= 11 is 0. The molecule has 0 atom stereocenters. The largest absolute Gasteiger partial charge is 0.550 e. The van der Waals surface area contributed by atoms with Crippen molar-refractivity contribution in [3.63, 3.8) is 0 Å². The number of nitrogens with zero attached hydrogens (tertiary/aromatic N) is 2. The maximum Gasteiger partial charge on any atom is 0.253 e. The lowest BCUT2D eigenvalue weighted by molar-refractivity contribution is -0.304. The Balaban J connectivity index is 1.90. The standard InChI is InChI=1S/C14H16N2O4/c17-12(10-13(18)19)15-6-8-16(9-7-15)14(20)11-4-2-1-3-5-11/h1-5H,6-10H2,(H,18,19)/p-1. The quantitative estimate of drug-likeness (QED) is 0.670. The Morgan fingerprint density at radius 1 is 0.950 bits per heavy atom. The Hall–Kier alpha value is -2.37. The van der Waals surface area contributed by atoms with Gasteiger partial charge in [-0.15, -0.1) is 0 Å². The molecule has 6 nitrogen and oxygen atoms in total. The Bertz CT molecular complexity index is 507. The monoisotopic (exact) mass is 275 g/mol. The first-order chi connectivity index (χ1) is 9.58. The van der Waals surface area contributed by atoms with Crippen LogP contribution in [-0.2, 0) is 9.59 Å². The summed E-state index contributed by atoms with van der Waals surface area (Å²) in [4.78, 5) is 37.2. The summed E-state index contributed by atoms with van der Waals surface area (Å²) in [6.07, 6.45) is -0.605. The number of aliphatic carboxylic acids is 1. The van der Waals surface area contributed by atoms with E-state index in [-0.39, 0.29) is 5.91 Å². The Kier molecular flexibility index (Phi) is 4.34. The molecule has 2 amide bonds. The van der Waals surface area contributed by atoms with Crippen LogP contribution in [0.5, 0.6) is 0 Å². The van der Waals surface area contributed by atoms with Crippen LogP contribution in [0.2, 0.25) is 0 Å². The second kappa shape index (κ2) is 6.18. The number of benzene rings is 1. The van der Waals surface area contributed by atoms with Gasteiger partial charge in [0.2, 0.25) is 5.91 Å². The molecule has 20 heavy (non-hydrogen) atoms. The minimum atomic E-state index is -1.38. The zero-order valence-corrected chi connectivity index (χ0v) is 10.9. The van der Waals surface area contributed by atoms with Crippen molar-refractivity contribution in [2.24, 2.45) is 0 Å². The molecule has 0 aliphatic carbocycles. The van der Waals surface area contributed by atoms with Crippen molar-refractivity contribution in [1.82, 2.24) is 9.80 Å². The molecule has 1 fully saturated rings. The Morgan fingerprint density at radius 2 is 1.50 bits per heavy atom. The summed E-state index contributed by atoms with van der Waals surface area (Å²) < 4.78 is 0. The fraction of sp³-hybridized carbons (Fsp3) is 0.357. The van der Waals surface area contributed by atoms with E-state index < -0.39 is 18.3 Å². The number of amides is 2. The number of carbonyl (C=O) groups is 3. The average molecular weight is 275 g/mol. The SMILES string of the molecule is O=C([O-])CC(=O)N1CCN(C(=O)c2ccccc2)CC1. The lowest BCUT2D eigenvalue weighted by Crippen LogP contribution is -2.51. The van der Waals surface area contributed by atoms with E-state index in [0.717, 1.165) is 0 Å². The molecule has 0 radical (unpaired) electrons. The van der Waals surface area contributed by atoms with Crippen molar-refractivity contribution in [2.45, 2.75) is 6.42 Å². The first-order valence-electron chi connectivity index (χ1n) is 6.40. The third-order valence-corrected chi connectivity index (χ3v) is 3.24. The smallest absolute Gasteiger partial charge is 0.253 e. The van der Waals surface area contributed by atoms with Gasteiger partial charge in [0.1, 0.15) is 0 Å². The average Bonchev–Trinajstić information content (AvgIpc) is 2.47. The van der Waals surface area contributed by atoms with Crippen molar-refractivity contribution in [3.05, 3.63) is 35.9 Å². The van der Waals surface area contributed by atoms with Gasteiger partial charge < -0.3 is 19.7 Å². The fourth-order valence-corrected chi connectivity index (χ4v) is 2.16. The van der Waals surface area contributed by atoms with E-state index in [2.05, 4.69) is 0 Å². The molecule has 1 heterocycles. The summed E-state index contributed by atoms with van der Waals surface area (Å²) in [6.45, 7) is 1.52. The van der Waals surface area contributed by atoms with E-state index in [4.69, 9.17) is 0 Å². The van der Waals surface area contributed by atoms with Crippen molar-refractivity contribution in [3.8, 4) is 0 Å². The van der Waals surface area contributed by atoms with Crippen molar-refractivity contribution < 1.29 is 19.5 Å². The number of piperazine rings is 1. The van der Waals surface area contributed by atoms with Gasteiger partial charge in [0.15, 0.2) is 0 Å². The minimum absolute atomic E-state index is 0.0717. The molecule has 0 unspecified atom stereocenters. The maximum absolute atomic E-state index is 12.2. The van der Waals surface area contributed by atoms with Crippen LogP contribution in [-0.4, -0.2) is 53.8 Å². The van der Waals surface area contributed by atoms with Crippen LogP contribution in [0.3, 0.4) is 0 Å². The minimum Gasteiger partial charge on any atom is -0.550 e. The van der Waals surface area contributed by atoms with Gasteiger partial charge in [-0.3, -0.25) is 9.59 Å². The molecule has 1 aliphatic heterocycles. The summed E-state index contributed by atoms with van der Waals surface area (Å²) in [6, 6.07) is 8.93. The van der Waals surface area contributed by atoms with Crippen LogP contribution in [0.25, 0.3) is 0 Å². The van der Waals surface area contributed by atoms with E-state index in [1.54, 1.807) is 29.2 Å². The first-order valence-corrected chi connectivity index (χ1v) is 6.40. The zero-order valence-electron chi connectivity index (χ0n) is 10.9. The molecule has 1 aliphatic rings. The lowest BCUT2D eigenvalue weighted by atomic mass is 10.2. The highest BCUT2D eigenvalue weighted by atomic mass is 16.4. The molecule has 0 N–H and O–H groups in total.